The Labute approximate surface area is 275 Å². The molecular formula is C33H38BrN5O7. The Balaban J connectivity index is 1.21. The van der Waals surface area contributed by atoms with E-state index < -0.39 is 36.0 Å². The van der Waals surface area contributed by atoms with Crippen LogP contribution in [0.4, 0.5) is 9.59 Å². The van der Waals surface area contributed by atoms with Crippen molar-refractivity contribution < 1.29 is 33.3 Å². The molecule has 13 heteroatoms. The molecule has 6 rings (SSSR count). The number of halogens is 1. The van der Waals surface area contributed by atoms with Crippen molar-refractivity contribution in [3.05, 3.63) is 64.0 Å². The van der Waals surface area contributed by atoms with Gasteiger partial charge in [0.05, 0.1) is 24.5 Å². The summed E-state index contributed by atoms with van der Waals surface area (Å²) in [5.74, 6) is 1.35. The van der Waals surface area contributed by atoms with Crippen molar-refractivity contribution in [3.8, 4) is 22.8 Å². The van der Waals surface area contributed by atoms with Gasteiger partial charge in [-0.2, -0.15) is 0 Å². The molecule has 46 heavy (non-hydrogen) atoms. The first kappa shape index (κ1) is 31.7. The SMILES string of the molecule is CC(C)[C@H](NC(=O)OC(C)(C)C)C(=O)N1C[C@H](OC(=O)N2Cc3cc4c(cc3C2)OCO4)C[C@H]1c1ncc(-c2ccc(Br)cc2)[nH]1. The molecule has 3 aliphatic heterocycles. The van der Waals surface area contributed by atoms with Crippen LogP contribution >= 0.6 is 15.9 Å². The molecule has 12 nitrogen and oxygen atoms in total. The summed E-state index contributed by atoms with van der Waals surface area (Å²) in [5, 5.41) is 2.76. The summed E-state index contributed by atoms with van der Waals surface area (Å²) >= 11 is 3.47. The van der Waals surface area contributed by atoms with Gasteiger partial charge in [-0.05, 0) is 67.6 Å². The first-order valence-corrected chi connectivity index (χ1v) is 16.1. The van der Waals surface area contributed by atoms with Crippen LogP contribution in [0.1, 0.15) is 64.0 Å². The van der Waals surface area contributed by atoms with Crippen LogP contribution in [-0.2, 0) is 27.4 Å². The molecule has 1 fully saturated rings. The van der Waals surface area contributed by atoms with Crippen molar-refractivity contribution in [2.45, 2.75) is 77.9 Å². The standard InChI is InChI=1S/C33H38BrN5O7/c1-18(2)28(37-31(41)46-33(3,4)5)30(40)39-16-23(12-25(39)29-35-13-24(36-29)19-6-8-22(34)9-7-19)45-32(42)38-14-20-10-26-27(44-17-43-26)11-21(20)15-38/h6-11,13,18,23,25,28H,12,14-17H2,1-5H3,(H,35,36)(H,37,41)/t23-,25+,28+/m1/s1. The van der Waals surface area contributed by atoms with Gasteiger partial charge >= 0.3 is 12.2 Å². The third kappa shape index (κ3) is 6.79. The van der Waals surface area contributed by atoms with Crippen LogP contribution in [0.2, 0.25) is 0 Å². The minimum Gasteiger partial charge on any atom is -0.454 e. The first-order valence-electron chi connectivity index (χ1n) is 15.3. The maximum Gasteiger partial charge on any atom is 0.410 e. The number of ether oxygens (including phenoxy) is 4. The average molecular weight is 697 g/mol. The number of rotatable bonds is 6. The van der Waals surface area contributed by atoms with E-state index >= 15 is 0 Å². The third-order valence-corrected chi connectivity index (χ3v) is 8.69. The molecule has 3 aliphatic rings. The molecule has 3 amide bonds. The van der Waals surface area contributed by atoms with Gasteiger partial charge in [-0.3, -0.25) is 9.69 Å². The van der Waals surface area contributed by atoms with Crippen molar-refractivity contribution in [3.63, 3.8) is 0 Å². The molecule has 1 saturated heterocycles. The number of imidazole rings is 1. The molecule has 0 radical (unpaired) electrons. The van der Waals surface area contributed by atoms with Crippen molar-refractivity contribution in [1.29, 1.82) is 0 Å². The Morgan fingerprint density at radius 2 is 1.72 bits per heavy atom. The number of likely N-dealkylation sites (tertiary alicyclic amines) is 1. The van der Waals surface area contributed by atoms with Crippen molar-refractivity contribution in [2.24, 2.45) is 5.92 Å². The van der Waals surface area contributed by atoms with Crippen LogP contribution in [0.5, 0.6) is 11.5 Å². The molecule has 2 N–H and O–H groups in total. The maximum atomic E-state index is 14.2. The highest BCUT2D eigenvalue weighted by Crippen LogP contribution is 2.39. The van der Waals surface area contributed by atoms with Crippen LogP contribution in [0.15, 0.2) is 47.1 Å². The zero-order valence-electron chi connectivity index (χ0n) is 26.5. The second kappa shape index (κ2) is 12.5. The lowest BCUT2D eigenvalue weighted by molar-refractivity contribution is -0.136. The number of aromatic amines is 1. The van der Waals surface area contributed by atoms with Crippen LogP contribution in [0.3, 0.4) is 0 Å². The van der Waals surface area contributed by atoms with E-state index in [9.17, 15) is 14.4 Å². The van der Waals surface area contributed by atoms with E-state index in [0.717, 1.165) is 26.9 Å². The van der Waals surface area contributed by atoms with Gasteiger partial charge < -0.3 is 34.1 Å². The summed E-state index contributed by atoms with van der Waals surface area (Å²) in [6.45, 7) is 10.1. The van der Waals surface area contributed by atoms with Crippen LogP contribution in [0.25, 0.3) is 11.3 Å². The van der Waals surface area contributed by atoms with E-state index in [-0.39, 0.29) is 25.2 Å². The van der Waals surface area contributed by atoms with E-state index in [0.29, 0.717) is 36.8 Å². The molecule has 244 valence electrons. The lowest BCUT2D eigenvalue weighted by atomic mass is 10.0. The highest BCUT2D eigenvalue weighted by molar-refractivity contribution is 9.10. The third-order valence-electron chi connectivity index (χ3n) is 8.16. The number of nitrogens with one attached hydrogen (secondary N) is 2. The summed E-state index contributed by atoms with van der Waals surface area (Å²) in [6, 6.07) is 10.2. The molecule has 0 unspecified atom stereocenters. The summed E-state index contributed by atoms with van der Waals surface area (Å²) in [6.07, 6.45) is 0.310. The monoisotopic (exact) mass is 695 g/mol. The number of hydrogen-bond acceptors (Lipinski definition) is 8. The fourth-order valence-electron chi connectivity index (χ4n) is 5.93. The number of hydrogen-bond donors (Lipinski definition) is 2. The Kier molecular flexibility index (Phi) is 8.62. The fraction of sp³-hybridized carbons (Fsp3) is 0.455. The van der Waals surface area contributed by atoms with Gasteiger partial charge in [0.15, 0.2) is 11.5 Å². The molecular weight excluding hydrogens is 658 g/mol. The van der Waals surface area contributed by atoms with Crippen LogP contribution < -0.4 is 14.8 Å². The van der Waals surface area contributed by atoms with Crippen molar-refractivity contribution >= 4 is 34.0 Å². The van der Waals surface area contributed by atoms with Gasteiger partial charge in [0.1, 0.15) is 23.6 Å². The molecule has 0 saturated carbocycles. The quantitative estimate of drug-likeness (QED) is 0.325. The predicted octanol–water partition coefficient (Wildman–Crippen LogP) is 5.91. The largest absolute Gasteiger partial charge is 0.454 e. The van der Waals surface area contributed by atoms with Crippen molar-refractivity contribution in [2.75, 3.05) is 13.3 Å². The van der Waals surface area contributed by atoms with Gasteiger partial charge in [0, 0.05) is 24.0 Å². The Bertz CT molecular complexity index is 1600. The zero-order chi connectivity index (χ0) is 32.7. The number of aromatic nitrogens is 2. The normalized spacial score (nSPS) is 19.3. The number of alkyl carbamates (subject to hydrolysis) is 1. The minimum absolute atomic E-state index is 0.138. The highest BCUT2D eigenvalue weighted by Gasteiger charge is 2.44. The van der Waals surface area contributed by atoms with E-state index in [1.807, 2.05) is 50.2 Å². The second-order valence-corrected chi connectivity index (χ2v) is 14.1. The molecule has 1 aromatic heterocycles. The van der Waals surface area contributed by atoms with Gasteiger partial charge in [-0.15, -0.1) is 0 Å². The van der Waals surface area contributed by atoms with Gasteiger partial charge in [0.2, 0.25) is 12.7 Å². The molecule has 3 aromatic rings. The molecule has 0 bridgehead atoms. The molecule has 0 spiro atoms. The Morgan fingerprint density at radius 1 is 1.07 bits per heavy atom. The first-order chi connectivity index (χ1) is 21.8. The Morgan fingerprint density at radius 3 is 2.33 bits per heavy atom. The number of H-pyrrole nitrogens is 1. The van der Waals surface area contributed by atoms with Crippen LogP contribution in [-0.4, -0.2) is 68.9 Å². The lowest BCUT2D eigenvalue weighted by Gasteiger charge is -2.31. The molecule has 3 atom stereocenters. The van der Waals surface area contributed by atoms with Crippen molar-refractivity contribution in [1.82, 2.24) is 25.1 Å². The second-order valence-electron chi connectivity index (χ2n) is 13.1. The Hall–Kier alpha value is -4.26. The fourth-order valence-corrected chi connectivity index (χ4v) is 6.19. The number of carbonyl (C=O) groups excluding carboxylic acids is 3. The number of nitrogens with zero attached hydrogens (tertiary/aromatic N) is 3. The predicted molar refractivity (Wildman–Crippen MR) is 171 cm³/mol. The van der Waals surface area contributed by atoms with E-state index in [1.165, 1.54) is 0 Å². The molecule has 2 aromatic carbocycles. The van der Waals surface area contributed by atoms with Gasteiger partial charge in [-0.25, -0.2) is 14.6 Å². The summed E-state index contributed by atoms with van der Waals surface area (Å²) in [7, 11) is 0. The molecule has 0 aliphatic carbocycles. The topological polar surface area (TPSA) is 135 Å². The van der Waals surface area contributed by atoms with Gasteiger partial charge in [0.25, 0.3) is 0 Å². The summed E-state index contributed by atoms with van der Waals surface area (Å²) in [5.41, 5.74) is 2.95. The van der Waals surface area contributed by atoms with Crippen LogP contribution in [0, 0.1) is 5.92 Å². The summed E-state index contributed by atoms with van der Waals surface area (Å²) in [4.78, 5) is 51.6. The lowest BCUT2D eigenvalue weighted by Crippen LogP contribution is -2.52. The number of carbonyl (C=O) groups is 3. The zero-order valence-corrected chi connectivity index (χ0v) is 28.0. The van der Waals surface area contributed by atoms with E-state index in [4.69, 9.17) is 18.9 Å². The van der Waals surface area contributed by atoms with E-state index in [2.05, 4.69) is 31.2 Å². The maximum absolute atomic E-state index is 14.2. The van der Waals surface area contributed by atoms with E-state index in [1.54, 1.807) is 36.8 Å². The average Bonchev–Trinajstić information content (AvgIpc) is 3.79. The highest BCUT2D eigenvalue weighted by atomic mass is 79.9. The number of amides is 3. The summed E-state index contributed by atoms with van der Waals surface area (Å²) < 4.78 is 23.4. The van der Waals surface area contributed by atoms with Gasteiger partial charge in [-0.1, -0.05) is 41.9 Å². The minimum atomic E-state index is -0.868. The number of benzene rings is 2. The smallest absolute Gasteiger partial charge is 0.410 e. The molecule has 4 heterocycles. The number of fused-ring (bicyclic) bond motifs is 2.